The number of anilines is 1. The minimum atomic E-state index is -0.574. The number of benzene rings is 1. The number of aromatic nitrogens is 2. The fraction of sp³-hybridized carbons (Fsp3) is 0.647. The Kier molecular flexibility index (Phi) is 11.4. The standard InChI is InChI=1S/C34H50N4O5S/c1-7-9-12-24(8-2)23-42-28(39)15-20-44-27-22-35-31(37(6)30(27)40)38-18-16-34(17-19-38)21-25-13-10-11-14-26(25)29(34)36-32(41)43-33(3,4)5/h10-11,13-14,22,24,29H,7-9,12,15-21,23H2,1-6H3,(H,36,41)/t24?,29-/m1/s1. The highest BCUT2D eigenvalue weighted by molar-refractivity contribution is 7.99. The predicted octanol–water partition coefficient (Wildman–Crippen LogP) is 6.43. The van der Waals surface area contributed by atoms with Crippen LogP contribution in [0.5, 0.6) is 0 Å². The molecule has 2 aromatic rings. The van der Waals surface area contributed by atoms with E-state index in [9.17, 15) is 14.4 Å². The smallest absolute Gasteiger partial charge is 0.408 e. The summed E-state index contributed by atoms with van der Waals surface area (Å²) < 4.78 is 12.7. The number of alkyl carbamates (subject to hydrolysis) is 1. The van der Waals surface area contributed by atoms with E-state index in [0.717, 1.165) is 63.6 Å². The summed E-state index contributed by atoms with van der Waals surface area (Å²) >= 11 is 1.35. The fourth-order valence-corrected chi connectivity index (χ4v) is 7.27. The number of carbonyl (C=O) groups excluding carboxylic acids is 2. The summed E-state index contributed by atoms with van der Waals surface area (Å²) in [5, 5.41) is 3.20. The summed E-state index contributed by atoms with van der Waals surface area (Å²) in [5.41, 5.74) is 1.60. The molecule has 4 rings (SSSR count). The van der Waals surface area contributed by atoms with Crippen molar-refractivity contribution >= 4 is 29.8 Å². The molecule has 1 aromatic heterocycles. The number of nitrogens with zero attached hydrogens (tertiary/aromatic N) is 3. The molecule has 0 bridgehead atoms. The SMILES string of the molecule is CCCCC(CC)COC(=O)CCSc1cnc(N2CCC3(CC2)Cc2ccccc2[C@H]3NC(=O)OC(C)(C)C)n(C)c1=O. The number of fused-ring (bicyclic) bond motifs is 1. The third kappa shape index (κ3) is 8.37. The number of rotatable bonds is 12. The molecule has 1 fully saturated rings. The minimum absolute atomic E-state index is 0.114. The van der Waals surface area contributed by atoms with Gasteiger partial charge in [0.1, 0.15) is 5.60 Å². The van der Waals surface area contributed by atoms with Gasteiger partial charge in [0.25, 0.3) is 5.56 Å². The third-order valence-corrected chi connectivity index (χ3v) is 9.92. The molecule has 1 aromatic carbocycles. The largest absolute Gasteiger partial charge is 0.465 e. The summed E-state index contributed by atoms with van der Waals surface area (Å²) in [4.78, 5) is 45.8. The number of nitrogens with one attached hydrogen (secondary N) is 1. The number of piperidine rings is 1. The van der Waals surface area contributed by atoms with Gasteiger partial charge >= 0.3 is 12.1 Å². The second kappa shape index (κ2) is 14.8. The maximum atomic E-state index is 13.2. The van der Waals surface area contributed by atoms with E-state index in [0.29, 0.717) is 29.1 Å². The lowest BCUT2D eigenvalue weighted by Gasteiger charge is -2.44. The van der Waals surface area contributed by atoms with Crippen LogP contribution >= 0.6 is 11.8 Å². The number of amides is 1. The van der Waals surface area contributed by atoms with Crippen LogP contribution in [0.1, 0.15) is 96.7 Å². The quantitative estimate of drug-likeness (QED) is 0.212. The lowest BCUT2D eigenvalue weighted by molar-refractivity contribution is -0.144. The van der Waals surface area contributed by atoms with E-state index in [1.165, 1.54) is 17.3 Å². The zero-order chi connectivity index (χ0) is 31.9. The van der Waals surface area contributed by atoms with Gasteiger partial charge in [-0.1, -0.05) is 57.4 Å². The van der Waals surface area contributed by atoms with Gasteiger partial charge in [-0.3, -0.25) is 14.2 Å². The fourth-order valence-electron chi connectivity index (χ4n) is 6.39. The number of unbranched alkanes of at least 4 members (excludes halogenated alkanes) is 1. The monoisotopic (exact) mass is 626 g/mol. The lowest BCUT2D eigenvalue weighted by atomic mass is 9.73. The first kappa shape index (κ1) is 33.9. The Morgan fingerprint density at radius 3 is 2.59 bits per heavy atom. The topological polar surface area (TPSA) is 103 Å². The van der Waals surface area contributed by atoms with Crippen molar-refractivity contribution < 1.29 is 19.1 Å². The Bertz CT molecular complexity index is 1350. The molecule has 1 aliphatic carbocycles. The van der Waals surface area contributed by atoms with Crippen molar-refractivity contribution in [3.8, 4) is 0 Å². The van der Waals surface area contributed by atoms with Gasteiger partial charge in [0.05, 0.1) is 24.0 Å². The maximum Gasteiger partial charge on any atom is 0.408 e. The molecular formula is C34H50N4O5S. The highest BCUT2D eigenvalue weighted by atomic mass is 32.2. The second-order valence-corrected chi connectivity index (χ2v) is 14.4. The third-order valence-electron chi connectivity index (χ3n) is 8.92. The van der Waals surface area contributed by atoms with Gasteiger partial charge in [-0.2, -0.15) is 0 Å². The van der Waals surface area contributed by atoms with Gasteiger partial charge < -0.3 is 19.7 Å². The Labute approximate surface area is 266 Å². The number of ether oxygens (including phenoxy) is 2. The maximum absolute atomic E-state index is 13.2. The van der Waals surface area contributed by atoms with Crippen molar-refractivity contribution in [3.63, 3.8) is 0 Å². The van der Waals surface area contributed by atoms with E-state index in [1.807, 2.05) is 26.8 Å². The molecule has 9 nitrogen and oxygen atoms in total. The molecule has 2 aliphatic rings. The van der Waals surface area contributed by atoms with Crippen molar-refractivity contribution in [2.45, 2.75) is 103 Å². The Morgan fingerprint density at radius 2 is 1.91 bits per heavy atom. The molecule has 1 spiro atoms. The predicted molar refractivity (Wildman–Crippen MR) is 175 cm³/mol. The van der Waals surface area contributed by atoms with Crippen LogP contribution in [0.15, 0.2) is 40.2 Å². The molecule has 242 valence electrons. The summed E-state index contributed by atoms with van der Waals surface area (Å²) in [6.45, 7) is 11.8. The van der Waals surface area contributed by atoms with Crippen LogP contribution < -0.4 is 15.8 Å². The number of esters is 1. The number of thioether (sulfide) groups is 1. The Morgan fingerprint density at radius 1 is 1.18 bits per heavy atom. The van der Waals surface area contributed by atoms with Gasteiger partial charge in [-0.25, -0.2) is 9.78 Å². The van der Waals surface area contributed by atoms with Crippen LogP contribution in [0, 0.1) is 11.3 Å². The van der Waals surface area contributed by atoms with Gasteiger partial charge in [0, 0.05) is 37.5 Å². The molecule has 1 saturated heterocycles. The van der Waals surface area contributed by atoms with E-state index in [2.05, 4.69) is 47.2 Å². The highest BCUT2D eigenvalue weighted by Crippen LogP contribution is 2.52. The highest BCUT2D eigenvalue weighted by Gasteiger charge is 2.49. The normalized spacial score (nSPS) is 18.1. The zero-order valence-corrected chi connectivity index (χ0v) is 28.1. The average molecular weight is 627 g/mol. The molecule has 2 heterocycles. The minimum Gasteiger partial charge on any atom is -0.465 e. The van der Waals surface area contributed by atoms with Gasteiger partial charge in [0.15, 0.2) is 0 Å². The van der Waals surface area contributed by atoms with Crippen molar-refractivity contribution in [1.82, 2.24) is 14.9 Å². The number of hydrogen-bond donors (Lipinski definition) is 1. The molecule has 0 saturated carbocycles. The van der Waals surface area contributed by atoms with Crippen LogP contribution in [0.25, 0.3) is 0 Å². The first-order valence-electron chi connectivity index (χ1n) is 16.1. The molecule has 1 amide bonds. The first-order chi connectivity index (χ1) is 21.0. The van der Waals surface area contributed by atoms with E-state index in [4.69, 9.17) is 9.47 Å². The Balaban J connectivity index is 1.35. The Hall–Kier alpha value is -3.01. The number of carbonyl (C=O) groups is 2. The van der Waals surface area contributed by atoms with Crippen LogP contribution in [0.4, 0.5) is 10.7 Å². The number of hydrogen-bond acceptors (Lipinski definition) is 8. The molecule has 1 aliphatic heterocycles. The molecule has 44 heavy (non-hydrogen) atoms. The van der Waals surface area contributed by atoms with E-state index < -0.39 is 11.7 Å². The summed E-state index contributed by atoms with van der Waals surface area (Å²) in [6, 6.07) is 8.19. The van der Waals surface area contributed by atoms with E-state index >= 15 is 0 Å². The molecular weight excluding hydrogens is 576 g/mol. The molecule has 2 atom stereocenters. The van der Waals surface area contributed by atoms with Gasteiger partial charge in [0.2, 0.25) is 5.95 Å². The van der Waals surface area contributed by atoms with E-state index in [1.54, 1.807) is 17.8 Å². The van der Waals surface area contributed by atoms with Crippen molar-refractivity contribution in [1.29, 1.82) is 0 Å². The summed E-state index contributed by atoms with van der Waals surface area (Å²) in [6.07, 6.45) is 8.44. The lowest BCUT2D eigenvalue weighted by Crippen LogP contribution is -2.48. The van der Waals surface area contributed by atoms with Crippen LogP contribution in [0.3, 0.4) is 0 Å². The molecule has 0 radical (unpaired) electrons. The average Bonchev–Trinajstić information content (AvgIpc) is 3.27. The zero-order valence-electron chi connectivity index (χ0n) is 27.3. The molecule has 1 unspecified atom stereocenters. The second-order valence-electron chi connectivity index (χ2n) is 13.3. The van der Waals surface area contributed by atoms with Crippen molar-refractivity contribution in [2.75, 3.05) is 30.3 Å². The van der Waals surface area contributed by atoms with Crippen LogP contribution in [-0.4, -0.2) is 52.7 Å². The van der Waals surface area contributed by atoms with Crippen LogP contribution in [-0.2, 0) is 27.7 Å². The summed E-state index contributed by atoms with van der Waals surface area (Å²) in [5.74, 6) is 1.30. The molecule has 10 heteroatoms. The molecule has 1 N–H and O–H groups in total. The first-order valence-corrected chi connectivity index (χ1v) is 17.1. The van der Waals surface area contributed by atoms with Gasteiger partial charge in [-0.05, 0) is 63.5 Å². The van der Waals surface area contributed by atoms with Crippen molar-refractivity contribution in [3.05, 3.63) is 51.9 Å². The van der Waals surface area contributed by atoms with E-state index in [-0.39, 0.29) is 29.4 Å². The van der Waals surface area contributed by atoms with Gasteiger partial charge in [-0.15, -0.1) is 11.8 Å². The van der Waals surface area contributed by atoms with Crippen molar-refractivity contribution in [2.24, 2.45) is 18.4 Å². The summed E-state index contributed by atoms with van der Waals surface area (Å²) in [7, 11) is 1.76. The van der Waals surface area contributed by atoms with Crippen LogP contribution in [0.2, 0.25) is 0 Å².